The predicted molar refractivity (Wildman–Crippen MR) is 89.1 cm³/mol. The Balaban J connectivity index is 1.35. The van der Waals surface area contributed by atoms with E-state index in [0.29, 0.717) is 18.0 Å². The van der Waals surface area contributed by atoms with Gasteiger partial charge in [0.15, 0.2) is 0 Å². The molecule has 0 spiro atoms. The molecule has 2 aromatic rings. The highest BCUT2D eigenvalue weighted by atomic mass is 19.1. The van der Waals surface area contributed by atoms with Crippen molar-refractivity contribution < 1.29 is 14.2 Å². The first-order chi connectivity index (χ1) is 11.7. The number of aliphatic hydroxyl groups excluding tert-OH is 1. The number of hydrogen-bond acceptors (Lipinski definition) is 4. The fourth-order valence-corrected chi connectivity index (χ4v) is 3.20. The molecule has 1 aromatic carbocycles. The standard InChI is InChI=1S/C18H24FN3O2/c19-18-4-2-1-3-15(18)12-24-13-17(23)11-22-7-5-14(6-8-22)16-9-20-21-10-16/h1-4,9-10,14,17,23H,5-8,11-13H2,(H,20,21)/t17-/m0/s1. The minimum Gasteiger partial charge on any atom is -0.389 e. The van der Waals surface area contributed by atoms with Gasteiger partial charge in [-0.2, -0.15) is 5.10 Å². The maximum absolute atomic E-state index is 13.5. The summed E-state index contributed by atoms with van der Waals surface area (Å²) in [5.41, 5.74) is 1.79. The fourth-order valence-electron chi connectivity index (χ4n) is 3.20. The van der Waals surface area contributed by atoms with Gasteiger partial charge in [0, 0.05) is 18.3 Å². The molecule has 5 nitrogen and oxygen atoms in total. The van der Waals surface area contributed by atoms with Crippen LogP contribution in [0.2, 0.25) is 0 Å². The molecule has 1 fully saturated rings. The summed E-state index contributed by atoms with van der Waals surface area (Å²) in [7, 11) is 0. The molecule has 2 N–H and O–H groups in total. The number of halogens is 1. The van der Waals surface area contributed by atoms with Crippen molar-refractivity contribution in [1.29, 1.82) is 0 Å². The van der Waals surface area contributed by atoms with Crippen LogP contribution in [0.5, 0.6) is 0 Å². The number of piperidine rings is 1. The van der Waals surface area contributed by atoms with Gasteiger partial charge in [-0.1, -0.05) is 18.2 Å². The molecule has 1 saturated heterocycles. The van der Waals surface area contributed by atoms with Crippen molar-refractivity contribution in [2.75, 3.05) is 26.2 Å². The highest BCUT2D eigenvalue weighted by Gasteiger charge is 2.22. The molecule has 1 aromatic heterocycles. The van der Waals surface area contributed by atoms with Crippen molar-refractivity contribution in [2.45, 2.75) is 31.5 Å². The molecule has 3 rings (SSSR count). The monoisotopic (exact) mass is 333 g/mol. The summed E-state index contributed by atoms with van der Waals surface area (Å²) in [4.78, 5) is 2.26. The van der Waals surface area contributed by atoms with E-state index >= 15 is 0 Å². The van der Waals surface area contributed by atoms with E-state index in [1.54, 1.807) is 18.2 Å². The Labute approximate surface area is 141 Å². The lowest BCUT2D eigenvalue weighted by atomic mass is 9.91. The summed E-state index contributed by atoms with van der Waals surface area (Å²) in [6, 6.07) is 6.55. The highest BCUT2D eigenvalue weighted by Crippen LogP contribution is 2.27. The Morgan fingerprint density at radius 3 is 2.83 bits per heavy atom. The summed E-state index contributed by atoms with van der Waals surface area (Å²) in [6.45, 7) is 2.91. The quantitative estimate of drug-likeness (QED) is 0.816. The number of nitrogens with one attached hydrogen (secondary N) is 1. The van der Waals surface area contributed by atoms with Gasteiger partial charge in [0.2, 0.25) is 0 Å². The molecule has 0 unspecified atom stereocenters. The summed E-state index contributed by atoms with van der Waals surface area (Å²) in [5.74, 6) is 0.280. The number of H-pyrrole nitrogens is 1. The average Bonchev–Trinajstić information content (AvgIpc) is 3.12. The summed E-state index contributed by atoms with van der Waals surface area (Å²) in [6.07, 6.45) is 5.45. The van der Waals surface area contributed by atoms with Gasteiger partial charge >= 0.3 is 0 Å². The lowest BCUT2D eigenvalue weighted by molar-refractivity contribution is 0.00550. The largest absolute Gasteiger partial charge is 0.389 e. The van der Waals surface area contributed by atoms with E-state index < -0.39 is 6.10 Å². The molecule has 0 bridgehead atoms. The highest BCUT2D eigenvalue weighted by molar-refractivity contribution is 5.16. The Hall–Kier alpha value is -1.76. The van der Waals surface area contributed by atoms with Crippen LogP contribution in [0.4, 0.5) is 4.39 Å². The van der Waals surface area contributed by atoms with E-state index in [1.165, 1.54) is 11.6 Å². The molecule has 130 valence electrons. The maximum atomic E-state index is 13.5. The second-order valence-corrected chi connectivity index (χ2v) is 6.37. The minimum atomic E-state index is -0.553. The molecule has 0 aliphatic carbocycles. The summed E-state index contributed by atoms with van der Waals surface area (Å²) >= 11 is 0. The molecule has 1 aliphatic rings. The van der Waals surface area contributed by atoms with Crippen LogP contribution in [0.3, 0.4) is 0 Å². The van der Waals surface area contributed by atoms with Crippen molar-refractivity contribution in [1.82, 2.24) is 15.1 Å². The van der Waals surface area contributed by atoms with Crippen molar-refractivity contribution >= 4 is 0 Å². The molecule has 0 amide bonds. The number of benzene rings is 1. The van der Waals surface area contributed by atoms with Gasteiger partial charge in [-0.25, -0.2) is 4.39 Å². The predicted octanol–water partition coefficient (Wildman–Crippen LogP) is 2.31. The number of hydrogen-bond donors (Lipinski definition) is 2. The van der Waals surface area contributed by atoms with E-state index in [4.69, 9.17) is 4.74 Å². The van der Waals surface area contributed by atoms with E-state index in [0.717, 1.165) is 25.9 Å². The van der Waals surface area contributed by atoms with Gasteiger partial charge in [0.1, 0.15) is 5.82 Å². The second-order valence-electron chi connectivity index (χ2n) is 6.37. The van der Waals surface area contributed by atoms with Gasteiger partial charge in [0.05, 0.1) is 25.5 Å². The normalized spacial score (nSPS) is 17.9. The Morgan fingerprint density at radius 2 is 2.12 bits per heavy atom. The first-order valence-electron chi connectivity index (χ1n) is 8.42. The van der Waals surface area contributed by atoms with Crippen molar-refractivity contribution in [2.24, 2.45) is 0 Å². The molecular formula is C18H24FN3O2. The topological polar surface area (TPSA) is 61.4 Å². The molecule has 0 saturated carbocycles. The van der Waals surface area contributed by atoms with Crippen LogP contribution in [0.25, 0.3) is 0 Å². The van der Waals surface area contributed by atoms with Crippen LogP contribution < -0.4 is 0 Å². The van der Waals surface area contributed by atoms with Crippen molar-refractivity contribution in [3.63, 3.8) is 0 Å². The van der Waals surface area contributed by atoms with Gasteiger partial charge in [-0.3, -0.25) is 5.10 Å². The zero-order chi connectivity index (χ0) is 16.8. The molecule has 6 heteroatoms. The third-order valence-electron chi connectivity index (χ3n) is 4.57. The Kier molecular flexibility index (Phi) is 5.96. The van der Waals surface area contributed by atoms with E-state index in [-0.39, 0.29) is 19.0 Å². The second kappa shape index (κ2) is 8.37. The number of aliphatic hydroxyl groups is 1. The number of β-amino-alcohol motifs (C(OH)–C–C–N with tert-alkyl or cyclic N) is 1. The van der Waals surface area contributed by atoms with Crippen LogP contribution in [0.1, 0.15) is 29.9 Å². The van der Waals surface area contributed by atoms with Crippen molar-refractivity contribution in [3.8, 4) is 0 Å². The van der Waals surface area contributed by atoms with Gasteiger partial charge in [0.25, 0.3) is 0 Å². The lowest BCUT2D eigenvalue weighted by Gasteiger charge is -2.32. The van der Waals surface area contributed by atoms with Crippen LogP contribution >= 0.6 is 0 Å². The Morgan fingerprint density at radius 1 is 1.33 bits per heavy atom. The zero-order valence-electron chi connectivity index (χ0n) is 13.7. The smallest absolute Gasteiger partial charge is 0.128 e. The van der Waals surface area contributed by atoms with E-state index in [2.05, 4.69) is 15.1 Å². The number of aromatic amines is 1. The SMILES string of the molecule is O[C@H](COCc1ccccc1F)CN1CCC(c2cn[nH]c2)CC1. The van der Waals surface area contributed by atoms with Crippen LogP contribution in [-0.2, 0) is 11.3 Å². The fraction of sp³-hybridized carbons (Fsp3) is 0.500. The number of likely N-dealkylation sites (tertiary alicyclic amines) is 1. The van der Waals surface area contributed by atoms with E-state index in [1.807, 2.05) is 12.4 Å². The maximum Gasteiger partial charge on any atom is 0.128 e. The molecule has 1 atom stereocenters. The van der Waals surface area contributed by atoms with Crippen LogP contribution in [-0.4, -0.2) is 52.5 Å². The third kappa shape index (κ3) is 4.63. The molecular weight excluding hydrogens is 309 g/mol. The zero-order valence-corrected chi connectivity index (χ0v) is 13.7. The van der Waals surface area contributed by atoms with Crippen molar-refractivity contribution in [3.05, 3.63) is 53.6 Å². The lowest BCUT2D eigenvalue weighted by Crippen LogP contribution is -2.39. The third-order valence-corrected chi connectivity index (χ3v) is 4.57. The number of aromatic nitrogens is 2. The van der Waals surface area contributed by atoms with Gasteiger partial charge in [-0.05, 0) is 43.5 Å². The number of ether oxygens (including phenoxy) is 1. The molecule has 24 heavy (non-hydrogen) atoms. The minimum absolute atomic E-state index is 0.187. The Bertz CT molecular complexity index is 612. The first-order valence-corrected chi connectivity index (χ1v) is 8.42. The van der Waals surface area contributed by atoms with Gasteiger partial charge < -0.3 is 14.7 Å². The van der Waals surface area contributed by atoms with Gasteiger partial charge in [-0.15, -0.1) is 0 Å². The molecule has 2 heterocycles. The molecule has 0 radical (unpaired) electrons. The summed E-state index contributed by atoms with van der Waals surface area (Å²) in [5, 5.41) is 17.0. The molecule has 1 aliphatic heterocycles. The number of nitrogens with zero attached hydrogens (tertiary/aromatic N) is 2. The van der Waals surface area contributed by atoms with Crippen LogP contribution in [0.15, 0.2) is 36.7 Å². The summed E-state index contributed by atoms with van der Waals surface area (Å²) < 4.78 is 18.9. The van der Waals surface area contributed by atoms with E-state index in [9.17, 15) is 9.50 Å². The van der Waals surface area contributed by atoms with Crippen LogP contribution in [0, 0.1) is 5.82 Å². The average molecular weight is 333 g/mol. The first kappa shape index (κ1) is 17.1. The number of rotatable bonds is 7.